The van der Waals surface area contributed by atoms with Gasteiger partial charge in [0.2, 0.25) is 0 Å². The van der Waals surface area contributed by atoms with Crippen LogP contribution in [0.15, 0.2) is 72.8 Å². The van der Waals surface area contributed by atoms with Gasteiger partial charge in [-0.05, 0) is 42.5 Å². The van der Waals surface area contributed by atoms with Crippen molar-refractivity contribution in [3.63, 3.8) is 0 Å². The fourth-order valence-corrected chi connectivity index (χ4v) is 3.25. The molecule has 3 rings (SSSR count). The van der Waals surface area contributed by atoms with Crippen LogP contribution in [0.3, 0.4) is 0 Å². The Morgan fingerprint density at radius 1 is 0.781 bits per heavy atom. The van der Waals surface area contributed by atoms with Crippen LogP contribution < -0.4 is 14.5 Å². The van der Waals surface area contributed by atoms with E-state index in [-0.39, 0.29) is 11.3 Å². The molecular formula is C24H21F3N2O3. The second kappa shape index (κ2) is 9.13. The SMILES string of the molecule is COc1ccccc1C(=O)N(C)c1ccccc1C(=O)N(C)c1cccc(C(F)(F)F)c1. The Bertz CT molecular complexity index is 1150. The molecule has 0 saturated heterocycles. The Kier molecular flexibility index (Phi) is 6.53. The van der Waals surface area contributed by atoms with E-state index in [4.69, 9.17) is 4.74 Å². The standard InChI is InChI=1S/C24H21F3N2O3/c1-28(17-10-8-9-16(15-17)24(25,26)27)22(30)18-11-4-6-13-20(18)29(2)23(31)19-12-5-7-14-21(19)32-3/h4-15H,1-3H3. The van der Waals surface area contributed by atoms with Gasteiger partial charge in [-0.2, -0.15) is 13.2 Å². The molecule has 0 heterocycles. The summed E-state index contributed by atoms with van der Waals surface area (Å²) in [5, 5.41) is 0. The van der Waals surface area contributed by atoms with Crippen LogP contribution in [-0.4, -0.2) is 33.0 Å². The summed E-state index contributed by atoms with van der Waals surface area (Å²) in [7, 11) is 4.36. The topological polar surface area (TPSA) is 49.9 Å². The number of anilines is 2. The first-order chi connectivity index (χ1) is 15.1. The van der Waals surface area contributed by atoms with Crippen molar-refractivity contribution in [1.29, 1.82) is 0 Å². The molecule has 32 heavy (non-hydrogen) atoms. The van der Waals surface area contributed by atoms with Crippen molar-refractivity contribution in [3.8, 4) is 5.75 Å². The van der Waals surface area contributed by atoms with Gasteiger partial charge in [-0.3, -0.25) is 9.59 Å². The number of halogens is 3. The number of alkyl halides is 3. The Morgan fingerprint density at radius 3 is 2.03 bits per heavy atom. The monoisotopic (exact) mass is 442 g/mol. The molecule has 0 fully saturated rings. The summed E-state index contributed by atoms with van der Waals surface area (Å²) in [6, 6.07) is 17.6. The number of para-hydroxylation sites is 2. The van der Waals surface area contributed by atoms with Crippen LogP contribution in [0.1, 0.15) is 26.3 Å². The van der Waals surface area contributed by atoms with E-state index in [1.54, 1.807) is 42.5 Å². The van der Waals surface area contributed by atoms with Gasteiger partial charge in [0.1, 0.15) is 5.75 Å². The zero-order chi connectivity index (χ0) is 23.5. The van der Waals surface area contributed by atoms with Gasteiger partial charge in [-0.25, -0.2) is 0 Å². The lowest BCUT2D eigenvalue weighted by atomic mass is 10.1. The quantitative estimate of drug-likeness (QED) is 0.541. The predicted octanol–water partition coefficient (Wildman–Crippen LogP) is 5.27. The molecule has 0 spiro atoms. The highest BCUT2D eigenvalue weighted by atomic mass is 19.4. The van der Waals surface area contributed by atoms with Crippen LogP contribution in [0.25, 0.3) is 0 Å². The van der Waals surface area contributed by atoms with E-state index in [0.29, 0.717) is 17.0 Å². The minimum Gasteiger partial charge on any atom is -0.496 e. The van der Waals surface area contributed by atoms with Crippen LogP contribution in [0.5, 0.6) is 5.75 Å². The third-order valence-corrected chi connectivity index (χ3v) is 5.00. The summed E-state index contributed by atoms with van der Waals surface area (Å²) in [5.74, 6) is -0.571. The molecule has 0 bridgehead atoms. The molecule has 0 aliphatic rings. The van der Waals surface area contributed by atoms with E-state index in [9.17, 15) is 22.8 Å². The highest BCUT2D eigenvalue weighted by molar-refractivity contribution is 6.14. The minimum atomic E-state index is -4.53. The number of ether oxygens (including phenoxy) is 1. The van der Waals surface area contributed by atoms with Crippen molar-refractivity contribution in [3.05, 3.63) is 89.5 Å². The lowest BCUT2D eigenvalue weighted by Crippen LogP contribution is -2.32. The van der Waals surface area contributed by atoms with Gasteiger partial charge in [0.25, 0.3) is 11.8 Å². The minimum absolute atomic E-state index is 0.0818. The summed E-state index contributed by atoms with van der Waals surface area (Å²) >= 11 is 0. The zero-order valence-corrected chi connectivity index (χ0v) is 17.7. The van der Waals surface area contributed by atoms with Gasteiger partial charge in [0.05, 0.1) is 29.5 Å². The summed E-state index contributed by atoms with van der Waals surface area (Å²) < 4.78 is 44.5. The summed E-state index contributed by atoms with van der Waals surface area (Å²) in [5.41, 5.74) is 0.0149. The third-order valence-electron chi connectivity index (χ3n) is 5.00. The molecule has 0 aliphatic carbocycles. The van der Waals surface area contributed by atoms with Crippen molar-refractivity contribution in [2.24, 2.45) is 0 Å². The van der Waals surface area contributed by atoms with E-state index >= 15 is 0 Å². The lowest BCUT2D eigenvalue weighted by Gasteiger charge is -2.24. The van der Waals surface area contributed by atoms with E-state index in [0.717, 1.165) is 17.0 Å². The molecule has 0 aromatic heterocycles. The maximum atomic E-state index is 13.2. The van der Waals surface area contributed by atoms with Crippen molar-refractivity contribution in [1.82, 2.24) is 0 Å². The van der Waals surface area contributed by atoms with Gasteiger partial charge < -0.3 is 14.5 Å². The van der Waals surface area contributed by atoms with E-state index < -0.39 is 23.6 Å². The number of carbonyl (C=O) groups excluding carboxylic acids is 2. The molecule has 0 aliphatic heterocycles. The van der Waals surface area contributed by atoms with E-state index in [1.807, 2.05) is 0 Å². The van der Waals surface area contributed by atoms with Crippen LogP contribution in [0, 0.1) is 0 Å². The molecule has 0 unspecified atom stereocenters. The number of nitrogens with zero attached hydrogens (tertiary/aromatic N) is 2. The number of hydrogen-bond donors (Lipinski definition) is 0. The highest BCUT2D eigenvalue weighted by Crippen LogP contribution is 2.32. The van der Waals surface area contributed by atoms with Gasteiger partial charge in [-0.1, -0.05) is 30.3 Å². The molecule has 8 heteroatoms. The Morgan fingerprint density at radius 2 is 1.38 bits per heavy atom. The van der Waals surface area contributed by atoms with Gasteiger partial charge in [0, 0.05) is 19.8 Å². The molecule has 5 nitrogen and oxygen atoms in total. The summed E-state index contributed by atoms with van der Waals surface area (Å²) in [4.78, 5) is 28.7. The smallest absolute Gasteiger partial charge is 0.416 e. The van der Waals surface area contributed by atoms with Crippen molar-refractivity contribution >= 4 is 23.2 Å². The Labute approximate surface area is 183 Å². The van der Waals surface area contributed by atoms with Crippen LogP contribution in [0.2, 0.25) is 0 Å². The molecule has 0 atom stereocenters. The number of rotatable bonds is 5. The Balaban J connectivity index is 1.95. The van der Waals surface area contributed by atoms with Crippen molar-refractivity contribution in [2.75, 3.05) is 31.0 Å². The number of benzene rings is 3. The average Bonchev–Trinajstić information content (AvgIpc) is 2.81. The number of amides is 2. The summed E-state index contributed by atoms with van der Waals surface area (Å²) in [6.07, 6.45) is -4.53. The maximum absolute atomic E-state index is 13.2. The number of hydrogen-bond acceptors (Lipinski definition) is 3. The van der Waals surface area contributed by atoms with Gasteiger partial charge >= 0.3 is 6.18 Å². The fourth-order valence-electron chi connectivity index (χ4n) is 3.25. The summed E-state index contributed by atoms with van der Waals surface area (Å²) in [6.45, 7) is 0. The first-order valence-electron chi connectivity index (χ1n) is 9.60. The number of carbonyl (C=O) groups is 2. The highest BCUT2D eigenvalue weighted by Gasteiger charge is 2.31. The molecule has 166 valence electrons. The zero-order valence-electron chi connectivity index (χ0n) is 17.7. The average molecular weight is 442 g/mol. The fraction of sp³-hybridized carbons (Fsp3) is 0.167. The van der Waals surface area contributed by atoms with Gasteiger partial charge in [0.15, 0.2) is 0 Å². The van der Waals surface area contributed by atoms with E-state index in [1.165, 1.54) is 44.3 Å². The largest absolute Gasteiger partial charge is 0.496 e. The first kappa shape index (κ1) is 22.9. The van der Waals surface area contributed by atoms with Crippen LogP contribution in [0.4, 0.5) is 24.5 Å². The number of methoxy groups -OCH3 is 1. The molecular weight excluding hydrogens is 421 g/mol. The molecule has 3 aromatic carbocycles. The third kappa shape index (κ3) is 4.59. The van der Waals surface area contributed by atoms with Crippen LogP contribution >= 0.6 is 0 Å². The lowest BCUT2D eigenvalue weighted by molar-refractivity contribution is -0.137. The van der Waals surface area contributed by atoms with Crippen molar-refractivity contribution < 1.29 is 27.5 Å². The Hall–Kier alpha value is -3.81. The van der Waals surface area contributed by atoms with Crippen molar-refractivity contribution in [2.45, 2.75) is 6.18 Å². The molecule has 0 N–H and O–H groups in total. The molecule has 2 amide bonds. The molecule has 0 radical (unpaired) electrons. The first-order valence-corrected chi connectivity index (χ1v) is 9.60. The van der Waals surface area contributed by atoms with Gasteiger partial charge in [-0.15, -0.1) is 0 Å². The molecule has 3 aromatic rings. The maximum Gasteiger partial charge on any atom is 0.416 e. The second-order valence-corrected chi connectivity index (χ2v) is 6.99. The van der Waals surface area contributed by atoms with E-state index in [2.05, 4.69) is 0 Å². The second-order valence-electron chi connectivity index (χ2n) is 6.99. The molecule has 0 saturated carbocycles. The predicted molar refractivity (Wildman–Crippen MR) is 116 cm³/mol. The van der Waals surface area contributed by atoms with Crippen LogP contribution in [-0.2, 0) is 6.18 Å². The normalized spacial score (nSPS) is 11.1.